The molecule has 0 atom stereocenters. The van der Waals surface area contributed by atoms with Gasteiger partial charge in [0, 0.05) is 5.02 Å². The van der Waals surface area contributed by atoms with Crippen LogP contribution in [-0.2, 0) is 6.18 Å². The maximum Gasteiger partial charge on any atom is 0.416 e. The Hall–Kier alpha value is -3.04. The summed E-state index contributed by atoms with van der Waals surface area (Å²) in [5.74, 6) is 0. The molecule has 0 unspecified atom stereocenters. The quantitative estimate of drug-likeness (QED) is 0.238. The van der Waals surface area contributed by atoms with Crippen LogP contribution in [0.25, 0.3) is 43.4 Å². The van der Waals surface area contributed by atoms with Crippen LogP contribution in [0.4, 0.5) is 13.2 Å². The molecular formula is C26H16ClF3. The highest BCUT2D eigenvalue weighted by atomic mass is 35.5. The molecule has 5 aromatic rings. The molecule has 0 aliphatic rings. The second-order valence-electron chi connectivity index (χ2n) is 7.51. The van der Waals surface area contributed by atoms with E-state index in [0.717, 1.165) is 61.1 Å². The van der Waals surface area contributed by atoms with Gasteiger partial charge in [0.15, 0.2) is 0 Å². The average Bonchev–Trinajstić information content (AvgIpc) is 2.73. The molecule has 0 spiro atoms. The van der Waals surface area contributed by atoms with Crippen molar-refractivity contribution in [3.63, 3.8) is 0 Å². The molecule has 0 saturated carbocycles. The Morgan fingerprint density at radius 1 is 0.667 bits per heavy atom. The molecule has 0 heterocycles. The summed E-state index contributed by atoms with van der Waals surface area (Å²) in [5.41, 5.74) is 2.11. The number of hydrogen-bond donors (Lipinski definition) is 0. The SMILES string of the molecule is Cc1c2cc(Cl)ccc2c(-c2ccc(C(F)(F)F)cc2)c2cc3ccccc3cc12. The van der Waals surface area contributed by atoms with Crippen molar-refractivity contribution in [2.45, 2.75) is 13.1 Å². The molecule has 0 radical (unpaired) electrons. The van der Waals surface area contributed by atoms with Crippen LogP contribution in [-0.4, -0.2) is 0 Å². The Labute approximate surface area is 176 Å². The molecule has 4 heteroatoms. The van der Waals surface area contributed by atoms with Crippen molar-refractivity contribution < 1.29 is 13.2 Å². The number of halogens is 4. The summed E-state index contributed by atoms with van der Waals surface area (Å²) in [6, 6.07) is 23.5. The first kappa shape index (κ1) is 19.0. The predicted molar refractivity (Wildman–Crippen MR) is 119 cm³/mol. The first-order valence-corrected chi connectivity index (χ1v) is 9.93. The van der Waals surface area contributed by atoms with Gasteiger partial charge in [-0.25, -0.2) is 0 Å². The second-order valence-corrected chi connectivity index (χ2v) is 7.95. The van der Waals surface area contributed by atoms with Crippen LogP contribution in [0.3, 0.4) is 0 Å². The van der Waals surface area contributed by atoms with Crippen molar-refractivity contribution in [3.05, 3.63) is 95.0 Å². The Kier molecular flexibility index (Phi) is 4.26. The number of alkyl halides is 3. The number of fused-ring (bicyclic) bond motifs is 3. The normalized spacial score (nSPS) is 12.2. The highest BCUT2D eigenvalue weighted by Gasteiger charge is 2.30. The molecule has 0 bridgehead atoms. The van der Waals surface area contributed by atoms with E-state index in [4.69, 9.17) is 11.6 Å². The summed E-state index contributed by atoms with van der Waals surface area (Å²) in [5, 5.41) is 6.89. The van der Waals surface area contributed by atoms with Crippen LogP contribution < -0.4 is 0 Å². The van der Waals surface area contributed by atoms with Gasteiger partial charge in [0.05, 0.1) is 5.56 Å². The molecular weight excluding hydrogens is 405 g/mol. The van der Waals surface area contributed by atoms with E-state index in [9.17, 15) is 13.2 Å². The fraction of sp³-hybridized carbons (Fsp3) is 0.0769. The van der Waals surface area contributed by atoms with Crippen LogP contribution in [0.1, 0.15) is 11.1 Å². The molecule has 0 N–H and O–H groups in total. The fourth-order valence-corrected chi connectivity index (χ4v) is 4.40. The van der Waals surface area contributed by atoms with Gasteiger partial charge in [0.2, 0.25) is 0 Å². The van der Waals surface area contributed by atoms with Gasteiger partial charge < -0.3 is 0 Å². The van der Waals surface area contributed by atoms with E-state index in [0.29, 0.717) is 5.02 Å². The smallest absolute Gasteiger partial charge is 0.166 e. The Bertz CT molecular complexity index is 1430. The molecule has 148 valence electrons. The zero-order valence-corrected chi connectivity index (χ0v) is 16.8. The zero-order valence-electron chi connectivity index (χ0n) is 16.0. The van der Waals surface area contributed by atoms with E-state index >= 15 is 0 Å². The third kappa shape index (κ3) is 3.01. The molecule has 0 aromatic heterocycles. The summed E-state index contributed by atoms with van der Waals surface area (Å²) in [6.45, 7) is 2.06. The number of hydrogen-bond acceptors (Lipinski definition) is 0. The summed E-state index contributed by atoms with van der Waals surface area (Å²) in [6.07, 6.45) is -4.36. The topological polar surface area (TPSA) is 0 Å². The summed E-state index contributed by atoms with van der Waals surface area (Å²) >= 11 is 6.28. The predicted octanol–water partition coefficient (Wildman–Crippen LogP) is 8.79. The van der Waals surface area contributed by atoms with Gasteiger partial charge in [-0.3, -0.25) is 0 Å². The molecule has 0 fully saturated rings. The maximum atomic E-state index is 13.1. The van der Waals surface area contributed by atoms with Crippen LogP contribution >= 0.6 is 11.6 Å². The second kappa shape index (κ2) is 6.75. The first-order valence-electron chi connectivity index (χ1n) is 9.55. The Morgan fingerprint density at radius 2 is 1.27 bits per heavy atom. The molecule has 0 nitrogen and oxygen atoms in total. The van der Waals surface area contributed by atoms with Gasteiger partial charge in [0.25, 0.3) is 0 Å². The minimum atomic E-state index is -4.36. The maximum absolute atomic E-state index is 13.1. The lowest BCUT2D eigenvalue weighted by atomic mass is 9.87. The fourth-order valence-electron chi connectivity index (χ4n) is 4.23. The van der Waals surface area contributed by atoms with Crippen molar-refractivity contribution >= 4 is 43.9 Å². The molecule has 0 saturated heterocycles. The average molecular weight is 421 g/mol. The Balaban J connectivity index is 1.92. The first-order chi connectivity index (χ1) is 14.3. The Morgan fingerprint density at radius 3 is 1.90 bits per heavy atom. The number of benzene rings is 5. The van der Waals surface area contributed by atoms with Crippen molar-refractivity contribution in [1.82, 2.24) is 0 Å². The van der Waals surface area contributed by atoms with Crippen LogP contribution in [0, 0.1) is 6.92 Å². The minimum absolute atomic E-state index is 0.629. The molecule has 30 heavy (non-hydrogen) atoms. The number of aryl methyl sites for hydroxylation is 1. The van der Waals surface area contributed by atoms with Crippen LogP contribution in [0.2, 0.25) is 5.02 Å². The van der Waals surface area contributed by atoms with E-state index in [1.807, 2.05) is 36.4 Å². The molecule has 0 aliphatic carbocycles. The van der Waals surface area contributed by atoms with Crippen molar-refractivity contribution in [3.8, 4) is 11.1 Å². The van der Waals surface area contributed by atoms with Gasteiger partial charge in [-0.2, -0.15) is 13.2 Å². The minimum Gasteiger partial charge on any atom is -0.166 e. The lowest BCUT2D eigenvalue weighted by Crippen LogP contribution is -2.04. The van der Waals surface area contributed by atoms with E-state index < -0.39 is 11.7 Å². The van der Waals surface area contributed by atoms with E-state index in [-0.39, 0.29) is 0 Å². The molecule has 5 aromatic carbocycles. The summed E-state index contributed by atoms with van der Waals surface area (Å²) in [7, 11) is 0. The number of rotatable bonds is 1. The van der Waals surface area contributed by atoms with Gasteiger partial charge in [-0.15, -0.1) is 0 Å². The molecule has 0 aliphatic heterocycles. The van der Waals surface area contributed by atoms with Gasteiger partial charge in [-0.05, 0) is 92.3 Å². The molecule has 5 rings (SSSR count). The summed E-state index contributed by atoms with van der Waals surface area (Å²) in [4.78, 5) is 0. The van der Waals surface area contributed by atoms with Crippen LogP contribution in [0.5, 0.6) is 0 Å². The zero-order chi connectivity index (χ0) is 21.0. The highest BCUT2D eigenvalue weighted by molar-refractivity contribution is 6.32. The third-order valence-electron chi connectivity index (χ3n) is 5.72. The van der Waals surface area contributed by atoms with Crippen LogP contribution in [0.15, 0.2) is 78.9 Å². The van der Waals surface area contributed by atoms with Gasteiger partial charge in [-0.1, -0.05) is 54.1 Å². The van der Waals surface area contributed by atoms with E-state index in [1.165, 1.54) is 0 Å². The third-order valence-corrected chi connectivity index (χ3v) is 5.95. The van der Waals surface area contributed by atoms with Gasteiger partial charge in [0.1, 0.15) is 0 Å². The largest absolute Gasteiger partial charge is 0.416 e. The van der Waals surface area contributed by atoms with Gasteiger partial charge >= 0.3 is 6.18 Å². The molecule has 0 amide bonds. The highest BCUT2D eigenvalue weighted by Crippen LogP contribution is 2.42. The van der Waals surface area contributed by atoms with Crippen molar-refractivity contribution in [2.75, 3.05) is 0 Å². The van der Waals surface area contributed by atoms with E-state index in [2.05, 4.69) is 25.1 Å². The van der Waals surface area contributed by atoms with Crippen molar-refractivity contribution in [1.29, 1.82) is 0 Å². The van der Waals surface area contributed by atoms with Crippen molar-refractivity contribution in [2.24, 2.45) is 0 Å². The monoisotopic (exact) mass is 420 g/mol. The lowest BCUT2D eigenvalue weighted by molar-refractivity contribution is -0.137. The lowest BCUT2D eigenvalue weighted by Gasteiger charge is -2.17. The summed E-state index contributed by atoms with van der Waals surface area (Å²) < 4.78 is 39.3. The standard InChI is InChI=1S/C26H16ClF3/c1-15-22-12-17-4-2-3-5-18(17)13-24(22)25(21-11-10-20(27)14-23(15)21)16-6-8-19(9-7-16)26(28,29)30/h2-14H,1H3. The van der Waals surface area contributed by atoms with E-state index in [1.54, 1.807) is 12.1 Å².